The second-order valence-electron chi connectivity index (χ2n) is 5.89. The van der Waals surface area contributed by atoms with Gasteiger partial charge in [0.15, 0.2) is 0 Å². The van der Waals surface area contributed by atoms with Crippen LogP contribution in [0.15, 0.2) is 48.5 Å². The Labute approximate surface area is 131 Å². The van der Waals surface area contributed by atoms with Gasteiger partial charge in [-0.2, -0.15) is 0 Å². The van der Waals surface area contributed by atoms with Crippen molar-refractivity contribution in [1.82, 2.24) is 4.90 Å². The zero-order valence-electron chi connectivity index (χ0n) is 12.9. The molecule has 1 saturated heterocycles. The number of piperazine rings is 1. The zero-order valence-corrected chi connectivity index (χ0v) is 12.9. The fourth-order valence-corrected chi connectivity index (χ4v) is 2.87. The average molecular weight is 299 g/mol. The van der Waals surface area contributed by atoms with Crippen LogP contribution in [0.25, 0.3) is 0 Å². The fourth-order valence-electron chi connectivity index (χ4n) is 2.87. The quantitative estimate of drug-likeness (QED) is 0.945. The number of benzene rings is 2. The molecule has 0 bridgehead atoms. The van der Waals surface area contributed by atoms with E-state index in [4.69, 9.17) is 5.73 Å². The van der Waals surface area contributed by atoms with E-state index in [1.54, 1.807) is 6.07 Å². The third-order valence-corrected chi connectivity index (χ3v) is 4.33. The van der Waals surface area contributed by atoms with E-state index in [1.165, 1.54) is 0 Å². The molecule has 2 N–H and O–H groups in total. The molecule has 1 aliphatic rings. The molecule has 1 atom stereocenters. The highest BCUT2D eigenvalue weighted by Gasteiger charge is 2.18. The Hall–Kier alpha value is -1.91. The standard InChI is InChI=1S/C18H22FN3/c1-21-9-11-22(12-10-21)17-8-7-15(13-16(17)19)18(20)14-5-3-2-4-6-14/h2-8,13,18H,9-12,20H2,1H3. The molecule has 22 heavy (non-hydrogen) atoms. The number of hydrogen-bond donors (Lipinski definition) is 1. The number of halogens is 1. The van der Waals surface area contributed by atoms with E-state index in [9.17, 15) is 4.39 Å². The van der Waals surface area contributed by atoms with Gasteiger partial charge in [0.1, 0.15) is 5.82 Å². The Morgan fingerprint density at radius 3 is 2.27 bits per heavy atom. The monoisotopic (exact) mass is 299 g/mol. The lowest BCUT2D eigenvalue weighted by atomic mass is 9.99. The van der Waals surface area contributed by atoms with Crippen molar-refractivity contribution in [3.63, 3.8) is 0 Å². The summed E-state index contributed by atoms with van der Waals surface area (Å²) < 4.78 is 14.5. The van der Waals surface area contributed by atoms with Gasteiger partial charge in [-0.05, 0) is 30.3 Å². The van der Waals surface area contributed by atoms with E-state index >= 15 is 0 Å². The van der Waals surface area contributed by atoms with Crippen LogP contribution in [0.3, 0.4) is 0 Å². The van der Waals surface area contributed by atoms with Crippen molar-refractivity contribution >= 4 is 5.69 Å². The summed E-state index contributed by atoms with van der Waals surface area (Å²) >= 11 is 0. The second-order valence-corrected chi connectivity index (χ2v) is 5.89. The molecule has 1 unspecified atom stereocenters. The van der Waals surface area contributed by atoms with Crippen LogP contribution in [0.4, 0.5) is 10.1 Å². The van der Waals surface area contributed by atoms with Crippen molar-refractivity contribution < 1.29 is 4.39 Å². The van der Waals surface area contributed by atoms with Crippen molar-refractivity contribution in [2.45, 2.75) is 6.04 Å². The molecule has 1 heterocycles. The molecule has 1 aliphatic heterocycles. The predicted octanol–water partition coefficient (Wildman–Crippen LogP) is 2.63. The van der Waals surface area contributed by atoms with Gasteiger partial charge in [-0.3, -0.25) is 0 Å². The molecule has 2 aromatic rings. The lowest BCUT2D eigenvalue weighted by Gasteiger charge is -2.34. The third-order valence-electron chi connectivity index (χ3n) is 4.33. The molecule has 0 aliphatic carbocycles. The van der Waals surface area contributed by atoms with Crippen LogP contribution in [0.2, 0.25) is 0 Å². The van der Waals surface area contributed by atoms with Crippen molar-refractivity contribution in [1.29, 1.82) is 0 Å². The molecule has 0 spiro atoms. The molecule has 116 valence electrons. The van der Waals surface area contributed by atoms with Gasteiger partial charge in [-0.25, -0.2) is 4.39 Å². The van der Waals surface area contributed by atoms with Gasteiger partial charge in [0.25, 0.3) is 0 Å². The maximum absolute atomic E-state index is 14.5. The Bertz CT molecular complexity index is 621. The van der Waals surface area contributed by atoms with E-state index in [0.29, 0.717) is 5.69 Å². The molecule has 0 aromatic heterocycles. The largest absolute Gasteiger partial charge is 0.367 e. The maximum atomic E-state index is 14.5. The Kier molecular flexibility index (Phi) is 4.41. The van der Waals surface area contributed by atoms with Crippen molar-refractivity contribution in [3.8, 4) is 0 Å². The van der Waals surface area contributed by atoms with Gasteiger partial charge in [-0.1, -0.05) is 36.4 Å². The topological polar surface area (TPSA) is 32.5 Å². The van der Waals surface area contributed by atoms with E-state index in [2.05, 4.69) is 16.8 Å². The summed E-state index contributed by atoms with van der Waals surface area (Å²) in [5.41, 5.74) is 8.72. The van der Waals surface area contributed by atoms with Crippen LogP contribution in [0.5, 0.6) is 0 Å². The highest BCUT2D eigenvalue weighted by atomic mass is 19.1. The summed E-state index contributed by atoms with van der Waals surface area (Å²) in [5, 5.41) is 0. The van der Waals surface area contributed by atoms with Gasteiger partial charge in [0.05, 0.1) is 11.7 Å². The highest BCUT2D eigenvalue weighted by Crippen LogP contribution is 2.26. The molecular formula is C18H22FN3. The lowest BCUT2D eigenvalue weighted by molar-refractivity contribution is 0.311. The number of likely N-dealkylation sites (N-methyl/N-ethyl adjacent to an activating group) is 1. The summed E-state index contributed by atoms with van der Waals surface area (Å²) in [6.45, 7) is 3.64. The summed E-state index contributed by atoms with van der Waals surface area (Å²) in [5.74, 6) is -0.187. The SMILES string of the molecule is CN1CCN(c2ccc(C(N)c3ccccc3)cc2F)CC1. The summed E-state index contributed by atoms with van der Waals surface area (Å²) in [7, 11) is 2.09. The van der Waals surface area contributed by atoms with Crippen molar-refractivity contribution in [2.75, 3.05) is 38.1 Å². The first-order valence-corrected chi connectivity index (χ1v) is 7.68. The average Bonchev–Trinajstić information content (AvgIpc) is 2.56. The van der Waals surface area contributed by atoms with Crippen LogP contribution in [-0.2, 0) is 0 Å². The lowest BCUT2D eigenvalue weighted by Crippen LogP contribution is -2.44. The van der Waals surface area contributed by atoms with E-state index in [0.717, 1.165) is 37.3 Å². The Morgan fingerprint density at radius 2 is 1.64 bits per heavy atom. The van der Waals surface area contributed by atoms with Crippen LogP contribution in [0, 0.1) is 5.82 Å². The molecule has 3 rings (SSSR count). The van der Waals surface area contributed by atoms with Gasteiger partial charge in [0.2, 0.25) is 0 Å². The minimum Gasteiger partial charge on any atom is -0.367 e. The molecule has 3 nitrogen and oxygen atoms in total. The normalized spacial score (nSPS) is 17.5. The number of hydrogen-bond acceptors (Lipinski definition) is 3. The molecule has 0 saturated carbocycles. The number of rotatable bonds is 3. The number of nitrogens with zero attached hydrogens (tertiary/aromatic N) is 2. The minimum absolute atomic E-state index is 0.187. The van der Waals surface area contributed by atoms with Gasteiger partial charge in [-0.15, -0.1) is 0 Å². The third kappa shape index (κ3) is 3.13. The minimum atomic E-state index is -0.294. The highest BCUT2D eigenvalue weighted by molar-refractivity contribution is 5.51. The maximum Gasteiger partial charge on any atom is 0.146 e. The van der Waals surface area contributed by atoms with Crippen LogP contribution < -0.4 is 10.6 Å². The Morgan fingerprint density at radius 1 is 0.955 bits per heavy atom. The van der Waals surface area contributed by atoms with E-state index in [1.807, 2.05) is 42.5 Å². The number of anilines is 1. The smallest absolute Gasteiger partial charge is 0.146 e. The number of nitrogens with two attached hydrogens (primary N) is 1. The molecule has 0 radical (unpaired) electrons. The molecule has 0 amide bonds. The molecule has 1 fully saturated rings. The molecule has 4 heteroatoms. The van der Waals surface area contributed by atoms with Gasteiger partial charge >= 0.3 is 0 Å². The van der Waals surface area contributed by atoms with Crippen LogP contribution in [0.1, 0.15) is 17.2 Å². The first-order valence-electron chi connectivity index (χ1n) is 7.68. The zero-order chi connectivity index (χ0) is 15.5. The molecular weight excluding hydrogens is 277 g/mol. The van der Waals surface area contributed by atoms with Crippen molar-refractivity contribution in [3.05, 3.63) is 65.5 Å². The summed E-state index contributed by atoms with van der Waals surface area (Å²) in [6, 6.07) is 14.9. The van der Waals surface area contributed by atoms with E-state index in [-0.39, 0.29) is 11.9 Å². The molecule has 2 aromatic carbocycles. The van der Waals surface area contributed by atoms with Crippen LogP contribution >= 0.6 is 0 Å². The van der Waals surface area contributed by atoms with E-state index < -0.39 is 0 Å². The summed E-state index contributed by atoms with van der Waals surface area (Å²) in [4.78, 5) is 4.36. The van der Waals surface area contributed by atoms with Gasteiger partial charge in [0, 0.05) is 26.2 Å². The van der Waals surface area contributed by atoms with Gasteiger partial charge < -0.3 is 15.5 Å². The predicted molar refractivity (Wildman–Crippen MR) is 88.6 cm³/mol. The first-order chi connectivity index (χ1) is 10.6. The fraction of sp³-hybridized carbons (Fsp3) is 0.333. The van der Waals surface area contributed by atoms with Crippen molar-refractivity contribution in [2.24, 2.45) is 5.73 Å². The van der Waals surface area contributed by atoms with Crippen LogP contribution in [-0.4, -0.2) is 38.1 Å². The summed E-state index contributed by atoms with van der Waals surface area (Å²) in [6.07, 6.45) is 0. The first kappa shape index (κ1) is 15.0. The Balaban J connectivity index is 1.80. The second kappa shape index (κ2) is 6.46.